The number of hydrogen-bond donors (Lipinski definition) is 2. The molecule has 0 aliphatic carbocycles. The fraction of sp³-hybridized carbons (Fsp3) is 0.769. The maximum absolute atomic E-state index is 6.08. The first kappa shape index (κ1) is 13.2. The van der Waals surface area contributed by atoms with Crippen LogP contribution in [-0.4, -0.2) is 29.0 Å². The van der Waals surface area contributed by atoms with Gasteiger partial charge in [-0.2, -0.15) is 5.10 Å². The molecule has 0 amide bonds. The van der Waals surface area contributed by atoms with Gasteiger partial charge >= 0.3 is 0 Å². The average Bonchev–Trinajstić information content (AvgIpc) is 2.83. The van der Waals surface area contributed by atoms with E-state index >= 15 is 0 Å². The van der Waals surface area contributed by atoms with Crippen LogP contribution in [0.2, 0.25) is 0 Å². The zero-order valence-corrected chi connectivity index (χ0v) is 11.7. The molecule has 0 bridgehead atoms. The molecule has 2 rings (SSSR count). The third-order valence-electron chi connectivity index (χ3n) is 3.69. The molecule has 102 valence electrons. The Morgan fingerprint density at radius 3 is 2.83 bits per heavy atom. The van der Waals surface area contributed by atoms with E-state index in [0.717, 1.165) is 36.8 Å². The summed E-state index contributed by atoms with van der Waals surface area (Å²) < 4.78 is 7.54. The lowest BCUT2D eigenvalue weighted by Gasteiger charge is -2.18. The predicted octanol–water partition coefficient (Wildman–Crippen LogP) is 2.19. The Kier molecular flexibility index (Phi) is 3.80. The smallest absolute Gasteiger partial charge is 0.148 e. The average molecular weight is 252 g/mol. The molecule has 2 heterocycles. The van der Waals surface area contributed by atoms with Crippen LogP contribution in [-0.2, 0) is 4.74 Å². The number of nitrogen functional groups attached to an aromatic ring is 1. The van der Waals surface area contributed by atoms with E-state index in [9.17, 15) is 0 Å². The van der Waals surface area contributed by atoms with Crippen molar-refractivity contribution in [3.05, 3.63) is 5.69 Å². The molecular formula is C13H24N4O. The molecule has 0 spiro atoms. The molecule has 1 fully saturated rings. The quantitative estimate of drug-likeness (QED) is 0.862. The van der Waals surface area contributed by atoms with E-state index < -0.39 is 0 Å². The summed E-state index contributed by atoms with van der Waals surface area (Å²) in [5.41, 5.74) is 7.73. The maximum Gasteiger partial charge on any atom is 0.148 e. The van der Waals surface area contributed by atoms with Crippen molar-refractivity contribution in [2.45, 2.75) is 46.3 Å². The number of nitrogens with one attached hydrogen (secondary N) is 1. The molecule has 1 aliphatic rings. The molecule has 2 atom stereocenters. The van der Waals surface area contributed by atoms with E-state index in [1.165, 1.54) is 0 Å². The molecule has 3 N–H and O–H groups in total. The summed E-state index contributed by atoms with van der Waals surface area (Å²) in [5, 5.41) is 7.92. The van der Waals surface area contributed by atoms with Crippen molar-refractivity contribution < 1.29 is 4.74 Å². The molecule has 1 aromatic rings. The van der Waals surface area contributed by atoms with Crippen LogP contribution in [0.5, 0.6) is 0 Å². The van der Waals surface area contributed by atoms with E-state index in [-0.39, 0.29) is 0 Å². The zero-order chi connectivity index (χ0) is 13.3. The molecule has 0 radical (unpaired) electrons. The topological polar surface area (TPSA) is 65.1 Å². The van der Waals surface area contributed by atoms with Crippen LogP contribution in [0.15, 0.2) is 0 Å². The standard InChI is InChI=1S/C13H24N4O/c1-8(2)17-13(12(14)9(3)16-17)15-7-11-5-6-18-10(11)4/h8,10-11,15H,5-7,14H2,1-4H3. The molecule has 5 heteroatoms. The lowest BCUT2D eigenvalue weighted by molar-refractivity contribution is 0.108. The summed E-state index contributed by atoms with van der Waals surface area (Å²) in [4.78, 5) is 0. The Morgan fingerprint density at radius 2 is 2.28 bits per heavy atom. The molecule has 0 aromatic carbocycles. The SMILES string of the molecule is Cc1nn(C(C)C)c(NCC2CCOC2C)c1N. The van der Waals surface area contributed by atoms with Gasteiger partial charge in [0.1, 0.15) is 5.82 Å². The summed E-state index contributed by atoms with van der Waals surface area (Å²) >= 11 is 0. The van der Waals surface area contributed by atoms with Crippen molar-refractivity contribution in [3.8, 4) is 0 Å². The van der Waals surface area contributed by atoms with Crippen molar-refractivity contribution in [3.63, 3.8) is 0 Å². The van der Waals surface area contributed by atoms with Gasteiger partial charge in [-0.25, -0.2) is 4.68 Å². The third-order valence-corrected chi connectivity index (χ3v) is 3.69. The van der Waals surface area contributed by atoms with Crippen molar-refractivity contribution in [2.75, 3.05) is 24.2 Å². The molecule has 18 heavy (non-hydrogen) atoms. The Bertz CT molecular complexity index is 413. The van der Waals surface area contributed by atoms with E-state index in [2.05, 4.69) is 31.2 Å². The zero-order valence-electron chi connectivity index (χ0n) is 11.7. The highest BCUT2D eigenvalue weighted by atomic mass is 16.5. The monoisotopic (exact) mass is 252 g/mol. The first-order valence-corrected chi connectivity index (χ1v) is 6.70. The first-order chi connectivity index (χ1) is 8.50. The number of rotatable bonds is 4. The fourth-order valence-corrected chi connectivity index (χ4v) is 2.38. The van der Waals surface area contributed by atoms with Crippen LogP contribution >= 0.6 is 0 Å². The van der Waals surface area contributed by atoms with Crippen molar-refractivity contribution >= 4 is 11.5 Å². The van der Waals surface area contributed by atoms with Gasteiger partial charge in [0.15, 0.2) is 0 Å². The first-order valence-electron chi connectivity index (χ1n) is 6.70. The van der Waals surface area contributed by atoms with Crippen molar-refractivity contribution in [1.29, 1.82) is 0 Å². The normalized spacial score (nSPS) is 23.8. The van der Waals surface area contributed by atoms with Gasteiger partial charge in [-0.15, -0.1) is 0 Å². The van der Waals surface area contributed by atoms with E-state index in [1.807, 2.05) is 11.6 Å². The van der Waals surface area contributed by atoms with Crippen LogP contribution in [0, 0.1) is 12.8 Å². The van der Waals surface area contributed by atoms with Gasteiger partial charge in [-0.3, -0.25) is 0 Å². The fourth-order valence-electron chi connectivity index (χ4n) is 2.38. The second kappa shape index (κ2) is 5.18. The minimum Gasteiger partial charge on any atom is -0.394 e. The molecule has 1 aromatic heterocycles. The molecular weight excluding hydrogens is 228 g/mol. The Balaban J connectivity index is 2.08. The predicted molar refractivity (Wildman–Crippen MR) is 73.8 cm³/mol. The number of aromatic nitrogens is 2. The van der Waals surface area contributed by atoms with Gasteiger partial charge in [0.25, 0.3) is 0 Å². The van der Waals surface area contributed by atoms with Crippen LogP contribution in [0.25, 0.3) is 0 Å². The van der Waals surface area contributed by atoms with Crippen LogP contribution in [0.3, 0.4) is 0 Å². The number of ether oxygens (including phenoxy) is 1. The molecule has 1 saturated heterocycles. The minimum absolute atomic E-state index is 0.306. The molecule has 0 saturated carbocycles. The number of anilines is 2. The minimum atomic E-state index is 0.306. The summed E-state index contributed by atoms with van der Waals surface area (Å²) in [6.45, 7) is 10.1. The van der Waals surface area contributed by atoms with Gasteiger partial charge in [-0.1, -0.05) is 0 Å². The van der Waals surface area contributed by atoms with Gasteiger partial charge in [0.05, 0.1) is 17.5 Å². The number of hydrogen-bond acceptors (Lipinski definition) is 4. The van der Waals surface area contributed by atoms with Gasteiger partial charge < -0.3 is 15.8 Å². The molecule has 1 aliphatic heterocycles. The maximum atomic E-state index is 6.08. The molecule has 5 nitrogen and oxygen atoms in total. The number of nitrogens with two attached hydrogens (primary N) is 1. The second-order valence-electron chi connectivity index (χ2n) is 5.39. The van der Waals surface area contributed by atoms with Gasteiger partial charge in [-0.05, 0) is 34.1 Å². The van der Waals surface area contributed by atoms with Gasteiger partial charge in [0, 0.05) is 25.1 Å². The highest BCUT2D eigenvalue weighted by molar-refractivity contribution is 5.64. The van der Waals surface area contributed by atoms with Crippen LogP contribution in [0.1, 0.15) is 38.9 Å². The Hall–Kier alpha value is -1.23. The van der Waals surface area contributed by atoms with E-state index in [0.29, 0.717) is 18.1 Å². The summed E-state index contributed by atoms with van der Waals surface area (Å²) in [7, 11) is 0. The second-order valence-corrected chi connectivity index (χ2v) is 5.39. The Labute approximate surface area is 109 Å². The van der Waals surface area contributed by atoms with Crippen LogP contribution in [0.4, 0.5) is 11.5 Å². The summed E-state index contributed by atoms with van der Waals surface area (Å²) in [5.74, 6) is 1.50. The highest BCUT2D eigenvalue weighted by Gasteiger charge is 2.25. The largest absolute Gasteiger partial charge is 0.394 e. The van der Waals surface area contributed by atoms with Crippen molar-refractivity contribution in [2.24, 2.45) is 5.92 Å². The summed E-state index contributed by atoms with van der Waals surface area (Å²) in [6.07, 6.45) is 1.44. The number of aryl methyl sites for hydroxylation is 1. The lowest BCUT2D eigenvalue weighted by Crippen LogP contribution is -2.22. The van der Waals surface area contributed by atoms with Crippen molar-refractivity contribution in [1.82, 2.24) is 9.78 Å². The Morgan fingerprint density at radius 1 is 1.56 bits per heavy atom. The van der Waals surface area contributed by atoms with Gasteiger partial charge in [0.2, 0.25) is 0 Å². The van der Waals surface area contributed by atoms with E-state index in [1.54, 1.807) is 0 Å². The number of nitrogens with zero attached hydrogens (tertiary/aromatic N) is 2. The lowest BCUT2D eigenvalue weighted by atomic mass is 10.0. The van der Waals surface area contributed by atoms with E-state index in [4.69, 9.17) is 10.5 Å². The van der Waals surface area contributed by atoms with Crippen LogP contribution < -0.4 is 11.1 Å². The summed E-state index contributed by atoms with van der Waals surface area (Å²) in [6, 6.07) is 0.306. The third kappa shape index (κ3) is 2.46. The highest BCUT2D eigenvalue weighted by Crippen LogP contribution is 2.27. The molecule has 2 unspecified atom stereocenters.